The molecule has 0 bridgehead atoms. The molecule has 0 aliphatic carbocycles. The van der Waals surface area contributed by atoms with Crippen LogP contribution in [0.2, 0.25) is 0 Å². The van der Waals surface area contributed by atoms with Crippen LogP contribution in [0.4, 0.5) is 0 Å². The van der Waals surface area contributed by atoms with Crippen molar-refractivity contribution < 1.29 is 9.90 Å². The summed E-state index contributed by atoms with van der Waals surface area (Å²) in [6.45, 7) is 3.49. The van der Waals surface area contributed by atoms with Gasteiger partial charge in [0.15, 0.2) is 0 Å². The summed E-state index contributed by atoms with van der Waals surface area (Å²) in [7, 11) is 0. The van der Waals surface area contributed by atoms with E-state index in [9.17, 15) is 14.7 Å². The van der Waals surface area contributed by atoms with Crippen LogP contribution in [0.1, 0.15) is 30.6 Å². The lowest BCUT2D eigenvalue weighted by Gasteiger charge is -2.27. The minimum absolute atomic E-state index is 0.156. The highest BCUT2D eigenvalue weighted by atomic mass is 16.3. The lowest BCUT2D eigenvalue weighted by atomic mass is 9.99. The van der Waals surface area contributed by atoms with Gasteiger partial charge in [-0.2, -0.15) is 0 Å². The highest BCUT2D eigenvalue weighted by molar-refractivity contribution is 6.06. The van der Waals surface area contributed by atoms with E-state index in [0.717, 1.165) is 0 Å². The van der Waals surface area contributed by atoms with Crippen molar-refractivity contribution in [3.63, 3.8) is 0 Å². The summed E-state index contributed by atoms with van der Waals surface area (Å²) < 4.78 is 0. The Bertz CT molecular complexity index is 687. The number of benzene rings is 1. The molecule has 20 heavy (non-hydrogen) atoms. The number of hydrogen-bond donors (Lipinski definition) is 3. The largest absolute Gasteiger partial charge is 0.394 e. The summed E-state index contributed by atoms with van der Waals surface area (Å²) >= 11 is 0. The predicted molar refractivity (Wildman–Crippen MR) is 77.8 cm³/mol. The molecule has 106 valence electrons. The zero-order chi connectivity index (χ0) is 14.8. The molecule has 0 saturated carbocycles. The van der Waals surface area contributed by atoms with E-state index < -0.39 is 5.54 Å². The van der Waals surface area contributed by atoms with Crippen LogP contribution in [-0.4, -0.2) is 28.1 Å². The van der Waals surface area contributed by atoms with Gasteiger partial charge >= 0.3 is 0 Å². The van der Waals surface area contributed by atoms with E-state index in [2.05, 4.69) is 10.3 Å². The van der Waals surface area contributed by atoms with Crippen LogP contribution >= 0.6 is 0 Å². The summed E-state index contributed by atoms with van der Waals surface area (Å²) in [6, 6.07) is 8.42. The fourth-order valence-corrected chi connectivity index (χ4v) is 1.97. The maximum Gasteiger partial charge on any atom is 0.252 e. The fraction of sp³-hybridized carbons (Fsp3) is 0.333. The minimum Gasteiger partial charge on any atom is -0.394 e. The quantitative estimate of drug-likeness (QED) is 0.788. The number of H-pyrrole nitrogens is 1. The van der Waals surface area contributed by atoms with Gasteiger partial charge in [0.2, 0.25) is 5.56 Å². The third-order valence-corrected chi connectivity index (χ3v) is 3.54. The molecule has 1 unspecified atom stereocenters. The van der Waals surface area contributed by atoms with Gasteiger partial charge in [0.05, 0.1) is 17.7 Å². The molecule has 5 heteroatoms. The fourth-order valence-electron chi connectivity index (χ4n) is 1.97. The molecule has 0 aliphatic heterocycles. The molecule has 1 atom stereocenters. The molecule has 5 nitrogen and oxygen atoms in total. The SMILES string of the molecule is CCC(C)(CO)NC(=O)c1cc(=O)[nH]c2ccccc12. The second-order valence-corrected chi connectivity index (χ2v) is 5.12. The first-order valence-corrected chi connectivity index (χ1v) is 6.54. The summed E-state index contributed by atoms with van der Waals surface area (Å²) in [4.78, 5) is 26.7. The molecule has 0 saturated heterocycles. The van der Waals surface area contributed by atoms with Gasteiger partial charge in [-0.05, 0) is 19.4 Å². The van der Waals surface area contributed by atoms with Gasteiger partial charge in [0, 0.05) is 17.0 Å². The predicted octanol–water partition coefficient (Wildman–Crippen LogP) is 1.42. The summed E-state index contributed by atoms with van der Waals surface area (Å²) in [5, 5.41) is 12.8. The smallest absolute Gasteiger partial charge is 0.252 e. The number of hydrogen-bond acceptors (Lipinski definition) is 3. The summed E-state index contributed by atoms with van der Waals surface area (Å²) in [5.41, 5.74) is -0.0817. The minimum atomic E-state index is -0.694. The van der Waals surface area contributed by atoms with Crippen molar-refractivity contribution >= 4 is 16.8 Å². The Morgan fingerprint density at radius 1 is 1.40 bits per heavy atom. The molecule has 0 fully saturated rings. The molecule has 0 spiro atoms. The molecule has 1 heterocycles. The lowest BCUT2D eigenvalue weighted by molar-refractivity contribution is 0.0849. The third kappa shape index (κ3) is 2.72. The van der Waals surface area contributed by atoms with Crippen molar-refractivity contribution in [1.29, 1.82) is 0 Å². The van der Waals surface area contributed by atoms with E-state index >= 15 is 0 Å². The van der Waals surface area contributed by atoms with E-state index in [1.807, 2.05) is 13.0 Å². The summed E-state index contributed by atoms with van der Waals surface area (Å²) in [5.74, 6) is -0.356. The Morgan fingerprint density at radius 3 is 2.75 bits per heavy atom. The van der Waals surface area contributed by atoms with Crippen molar-refractivity contribution in [2.45, 2.75) is 25.8 Å². The molecule has 1 aromatic carbocycles. The number of aromatic nitrogens is 1. The molecule has 0 radical (unpaired) electrons. The second kappa shape index (κ2) is 5.46. The monoisotopic (exact) mass is 274 g/mol. The number of rotatable bonds is 4. The average Bonchev–Trinajstić information content (AvgIpc) is 2.46. The number of para-hydroxylation sites is 1. The first kappa shape index (κ1) is 14.3. The van der Waals surface area contributed by atoms with E-state index in [1.165, 1.54) is 6.07 Å². The van der Waals surface area contributed by atoms with Crippen molar-refractivity contribution in [2.24, 2.45) is 0 Å². The number of nitrogens with one attached hydrogen (secondary N) is 2. The molecule has 3 N–H and O–H groups in total. The maximum atomic E-state index is 12.4. The van der Waals surface area contributed by atoms with Crippen molar-refractivity contribution in [2.75, 3.05) is 6.61 Å². The Labute approximate surface area is 116 Å². The van der Waals surface area contributed by atoms with E-state index in [1.54, 1.807) is 25.1 Å². The van der Waals surface area contributed by atoms with Crippen LogP contribution in [0.25, 0.3) is 10.9 Å². The first-order valence-electron chi connectivity index (χ1n) is 6.54. The van der Waals surface area contributed by atoms with Crippen LogP contribution in [0, 0.1) is 0 Å². The van der Waals surface area contributed by atoms with Gasteiger partial charge in [0.25, 0.3) is 5.91 Å². The first-order chi connectivity index (χ1) is 9.49. The molecule has 1 aromatic heterocycles. The zero-order valence-corrected chi connectivity index (χ0v) is 11.6. The van der Waals surface area contributed by atoms with Crippen molar-refractivity contribution in [3.05, 3.63) is 46.2 Å². The Kier molecular flexibility index (Phi) is 3.90. The molecule has 0 aliphatic rings. The number of fused-ring (bicyclic) bond motifs is 1. The van der Waals surface area contributed by atoms with Crippen molar-refractivity contribution in [3.8, 4) is 0 Å². The van der Waals surface area contributed by atoms with Gasteiger partial charge in [-0.15, -0.1) is 0 Å². The van der Waals surface area contributed by atoms with Gasteiger partial charge in [-0.3, -0.25) is 9.59 Å². The standard InChI is InChI=1S/C15H18N2O3/c1-3-15(2,9-18)17-14(20)11-8-13(19)16-12-7-5-4-6-10(11)12/h4-8,18H,3,9H2,1-2H3,(H,16,19)(H,17,20). The van der Waals surface area contributed by atoms with Gasteiger partial charge < -0.3 is 15.4 Å². The van der Waals surface area contributed by atoms with Crippen LogP contribution in [0.15, 0.2) is 35.1 Å². The molecular formula is C15H18N2O3. The van der Waals surface area contributed by atoms with Crippen molar-refractivity contribution in [1.82, 2.24) is 10.3 Å². The normalized spacial score (nSPS) is 13.9. The van der Waals surface area contributed by atoms with E-state index in [4.69, 9.17) is 0 Å². The second-order valence-electron chi connectivity index (χ2n) is 5.12. The number of aliphatic hydroxyl groups is 1. The Hall–Kier alpha value is -2.14. The van der Waals surface area contributed by atoms with Crippen LogP contribution in [0.5, 0.6) is 0 Å². The van der Waals surface area contributed by atoms with Gasteiger partial charge in [-0.25, -0.2) is 0 Å². The highest BCUT2D eigenvalue weighted by Gasteiger charge is 2.24. The topological polar surface area (TPSA) is 82.2 Å². The zero-order valence-electron chi connectivity index (χ0n) is 11.6. The Morgan fingerprint density at radius 2 is 2.10 bits per heavy atom. The van der Waals surface area contributed by atoms with Crippen LogP contribution < -0.4 is 10.9 Å². The van der Waals surface area contributed by atoms with Gasteiger partial charge in [0.1, 0.15) is 0 Å². The number of carbonyl (C=O) groups excluding carboxylic acids is 1. The van der Waals surface area contributed by atoms with E-state index in [0.29, 0.717) is 22.9 Å². The number of amides is 1. The van der Waals surface area contributed by atoms with Crippen LogP contribution in [0.3, 0.4) is 0 Å². The number of aliphatic hydroxyl groups excluding tert-OH is 1. The highest BCUT2D eigenvalue weighted by Crippen LogP contribution is 2.16. The molecule has 2 aromatic rings. The summed E-state index contributed by atoms with van der Waals surface area (Å²) in [6.07, 6.45) is 0.594. The van der Waals surface area contributed by atoms with Crippen LogP contribution in [-0.2, 0) is 0 Å². The average molecular weight is 274 g/mol. The third-order valence-electron chi connectivity index (χ3n) is 3.54. The van der Waals surface area contributed by atoms with Gasteiger partial charge in [-0.1, -0.05) is 25.1 Å². The number of aromatic amines is 1. The molecule has 2 rings (SSSR count). The molecule has 1 amide bonds. The lowest BCUT2D eigenvalue weighted by Crippen LogP contribution is -2.48. The maximum absolute atomic E-state index is 12.4. The number of pyridine rings is 1. The van der Waals surface area contributed by atoms with E-state index in [-0.39, 0.29) is 18.1 Å². The Balaban J connectivity index is 2.47. The number of carbonyl (C=O) groups is 1. The molecular weight excluding hydrogens is 256 g/mol.